The highest BCUT2D eigenvalue weighted by molar-refractivity contribution is 7.09. The fourth-order valence-corrected chi connectivity index (χ4v) is 1.85. The van der Waals surface area contributed by atoms with Gasteiger partial charge in [0.25, 0.3) is 0 Å². The first-order valence-corrected chi connectivity index (χ1v) is 5.06. The molecule has 0 amide bonds. The number of nitrogens with two attached hydrogens (primary N) is 1. The van der Waals surface area contributed by atoms with Crippen LogP contribution >= 0.6 is 11.3 Å². The highest BCUT2D eigenvalue weighted by Gasteiger charge is 2.04. The average Bonchev–Trinajstić information content (AvgIpc) is 2.62. The molecule has 1 aromatic heterocycles. The largest absolute Gasteiger partial charge is 0.399 e. The first-order valence-electron chi connectivity index (χ1n) is 4.18. The molecule has 1 aromatic carbocycles. The van der Waals surface area contributed by atoms with E-state index in [-0.39, 0.29) is 5.82 Å². The van der Waals surface area contributed by atoms with Crippen molar-refractivity contribution in [2.75, 3.05) is 5.73 Å². The molecule has 72 valence electrons. The molecule has 0 aliphatic heterocycles. The standard InChI is InChI=1S/C10H9FN2S/c11-9-6-8(12)2-1-7(9)5-10-13-3-4-14-10/h1-4,6H,5,12H2. The van der Waals surface area contributed by atoms with E-state index in [0.717, 1.165) is 5.01 Å². The van der Waals surface area contributed by atoms with Crippen molar-refractivity contribution in [2.24, 2.45) is 0 Å². The third-order valence-electron chi connectivity index (χ3n) is 1.90. The molecule has 0 spiro atoms. The number of nitrogens with zero attached hydrogens (tertiary/aromatic N) is 1. The molecule has 1 heterocycles. The van der Waals surface area contributed by atoms with Crippen molar-refractivity contribution in [3.63, 3.8) is 0 Å². The van der Waals surface area contributed by atoms with E-state index in [1.54, 1.807) is 18.3 Å². The highest BCUT2D eigenvalue weighted by Crippen LogP contribution is 2.17. The van der Waals surface area contributed by atoms with Crippen LogP contribution in [0.3, 0.4) is 0 Å². The first kappa shape index (κ1) is 9.15. The van der Waals surface area contributed by atoms with Gasteiger partial charge in [0, 0.05) is 23.7 Å². The van der Waals surface area contributed by atoms with Crippen molar-refractivity contribution in [2.45, 2.75) is 6.42 Å². The highest BCUT2D eigenvalue weighted by atomic mass is 32.1. The third kappa shape index (κ3) is 1.90. The van der Waals surface area contributed by atoms with E-state index in [1.165, 1.54) is 17.4 Å². The first-order chi connectivity index (χ1) is 6.75. The van der Waals surface area contributed by atoms with Crippen LogP contribution < -0.4 is 5.73 Å². The molecule has 0 bridgehead atoms. The van der Waals surface area contributed by atoms with Crippen molar-refractivity contribution in [1.82, 2.24) is 4.98 Å². The Bertz CT molecular complexity index is 426. The lowest BCUT2D eigenvalue weighted by molar-refractivity contribution is 0.614. The van der Waals surface area contributed by atoms with Crippen LogP contribution in [0.5, 0.6) is 0 Å². The summed E-state index contributed by atoms with van der Waals surface area (Å²) in [4.78, 5) is 4.10. The predicted molar refractivity (Wildman–Crippen MR) is 55.7 cm³/mol. The maximum Gasteiger partial charge on any atom is 0.128 e. The molecule has 0 radical (unpaired) electrons. The minimum atomic E-state index is -0.264. The van der Waals surface area contributed by atoms with Crippen LogP contribution in [0.15, 0.2) is 29.8 Å². The Morgan fingerprint density at radius 3 is 2.93 bits per heavy atom. The summed E-state index contributed by atoms with van der Waals surface area (Å²) >= 11 is 1.52. The van der Waals surface area contributed by atoms with Gasteiger partial charge in [-0.05, 0) is 17.7 Å². The molecule has 0 saturated carbocycles. The van der Waals surface area contributed by atoms with Gasteiger partial charge in [0.05, 0.1) is 5.01 Å². The summed E-state index contributed by atoms with van der Waals surface area (Å²) in [7, 11) is 0. The van der Waals surface area contributed by atoms with Crippen LogP contribution in [0, 0.1) is 5.82 Å². The van der Waals surface area contributed by atoms with Crippen LogP contribution in [-0.4, -0.2) is 4.98 Å². The second-order valence-corrected chi connectivity index (χ2v) is 3.93. The molecule has 4 heteroatoms. The second kappa shape index (κ2) is 3.75. The van der Waals surface area contributed by atoms with Gasteiger partial charge >= 0.3 is 0 Å². The zero-order chi connectivity index (χ0) is 9.97. The molecular weight excluding hydrogens is 199 g/mol. The van der Waals surface area contributed by atoms with E-state index >= 15 is 0 Å². The maximum absolute atomic E-state index is 13.3. The molecule has 0 saturated heterocycles. The summed E-state index contributed by atoms with van der Waals surface area (Å²) < 4.78 is 13.3. The molecule has 0 aliphatic carbocycles. The number of anilines is 1. The molecule has 0 atom stereocenters. The van der Waals surface area contributed by atoms with Crippen molar-refractivity contribution < 1.29 is 4.39 Å². The molecule has 2 aromatic rings. The quantitative estimate of drug-likeness (QED) is 0.770. The van der Waals surface area contributed by atoms with Crippen LogP contribution in [0.1, 0.15) is 10.6 Å². The van der Waals surface area contributed by atoms with Crippen molar-refractivity contribution in [1.29, 1.82) is 0 Å². The number of nitrogen functional groups attached to an aromatic ring is 1. The average molecular weight is 208 g/mol. The van der Waals surface area contributed by atoms with E-state index in [2.05, 4.69) is 4.98 Å². The number of rotatable bonds is 2. The van der Waals surface area contributed by atoms with E-state index < -0.39 is 0 Å². The zero-order valence-electron chi connectivity index (χ0n) is 7.40. The molecule has 2 N–H and O–H groups in total. The number of benzene rings is 1. The Kier molecular flexibility index (Phi) is 2.45. The summed E-state index contributed by atoms with van der Waals surface area (Å²) in [5.74, 6) is -0.264. The van der Waals surface area contributed by atoms with Gasteiger partial charge in [0.2, 0.25) is 0 Å². The van der Waals surface area contributed by atoms with Gasteiger partial charge in [-0.25, -0.2) is 9.37 Å². The van der Waals surface area contributed by atoms with Crippen LogP contribution in [-0.2, 0) is 6.42 Å². The van der Waals surface area contributed by atoms with E-state index in [9.17, 15) is 4.39 Å². The summed E-state index contributed by atoms with van der Waals surface area (Å²) in [6.45, 7) is 0. The molecular formula is C10H9FN2S. The van der Waals surface area contributed by atoms with Gasteiger partial charge in [0.15, 0.2) is 0 Å². The Labute approximate surface area is 85.2 Å². The number of hydrogen-bond donors (Lipinski definition) is 1. The molecule has 2 rings (SSSR count). The van der Waals surface area contributed by atoms with E-state index in [0.29, 0.717) is 17.7 Å². The molecule has 0 aliphatic rings. The summed E-state index contributed by atoms with van der Waals surface area (Å²) in [6.07, 6.45) is 2.25. The minimum Gasteiger partial charge on any atom is -0.399 e. The predicted octanol–water partition coefficient (Wildman–Crippen LogP) is 2.46. The Morgan fingerprint density at radius 2 is 2.29 bits per heavy atom. The van der Waals surface area contributed by atoms with Gasteiger partial charge < -0.3 is 5.73 Å². The zero-order valence-corrected chi connectivity index (χ0v) is 8.22. The van der Waals surface area contributed by atoms with Crippen LogP contribution in [0.25, 0.3) is 0 Å². The lowest BCUT2D eigenvalue weighted by atomic mass is 10.1. The van der Waals surface area contributed by atoms with Gasteiger partial charge in [-0.3, -0.25) is 0 Å². The number of thiazole rings is 1. The van der Waals surface area contributed by atoms with Gasteiger partial charge in [-0.2, -0.15) is 0 Å². The van der Waals surface area contributed by atoms with Crippen LogP contribution in [0.4, 0.5) is 10.1 Å². The van der Waals surface area contributed by atoms with Crippen molar-refractivity contribution in [3.8, 4) is 0 Å². The normalized spacial score (nSPS) is 10.4. The van der Waals surface area contributed by atoms with E-state index in [4.69, 9.17) is 5.73 Å². The smallest absolute Gasteiger partial charge is 0.128 e. The SMILES string of the molecule is Nc1ccc(Cc2nccs2)c(F)c1. The summed E-state index contributed by atoms with van der Waals surface area (Å²) in [5, 5.41) is 2.79. The lowest BCUT2D eigenvalue weighted by Crippen LogP contribution is -1.94. The third-order valence-corrected chi connectivity index (χ3v) is 2.68. The number of halogens is 1. The fourth-order valence-electron chi connectivity index (χ4n) is 1.21. The molecule has 14 heavy (non-hydrogen) atoms. The topological polar surface area (TPSA) is 38.9 Å². The lowest BCUT2D eigenvalue weighted by Gasteiger charge is -2.01. The van der Waals surface area contributed by atoms with Gasteiger partial charge in [-0.15, -0.1) is 11.3 Å². The van der Waals surface area contributed by atoms with Gasteiger partial charge in [0.1, 0.15) is 5.82 Å². The van der Waals surface area contributed by atoms with Crippen molar-refractivity contribution >= 4 is 17.0 Å². The Hall–Kier alpha value is -1.42. The van der Waals surface area contributed by atoms with Crippen LogP contribution in [0.2, 0.25) is 0 Å². The monoisotopic (exact) mass is 208 g/mol. The maximum atomic E-state index is 13.3. The fraction of sp³-hybridized carbons (Fsp3) is 0.100. The molecule has 0 unspecified atom stereocenters. The number of hydrogen-bond acceptors (Lipinski definition) is 3. The Balaban J connectivity index is 2.25. The second-order valence-electron chi connectivity index (χ2n) is 2.95. The van der Waals surface area contributed by atoms with Crippen molar-refractivity contribution in [3.05, 3.63) is 46.2 Å². The number of aromatic nitrogens is 1. The Morgan fingerprint density at radius 1 is 1.43 bits per heavy atom. The summed E-state index contributed by atoms with van der Waals surface area (Å²) in [5.41, 5.74) is 6.53. The van der Waals surface area contributed by atoms with Gasteiger partial charge in [-0.1, -0.05) is 6.07 Å². The van der Waals surface area contributed by atoms with E-state index in [1.807, 2.05) is 5.38 Å². The summed E-state index contributed by atoms with van der Waals surface area (Å²) in [6, 6.07) is 4.74. The molecule has 2 nitrogen and oxygen atoms in total. The minimum absolute atomic E-state index is 0.264. The molecule has 0 fully saturated rings.